The molecule has 1 amide bonds. The first-order valence-electron chi connectivity index (χ1n) is 8.77. The van der Waals surface area contributed by atoms with Gasteiger partial charge in [0.1, 0.15) is 5.00 Å². The van der Waals surface area contributed by atoms with Crippen LogP contribution in [0.25, 0.3) is 0 Å². The smallest absolute Gasteiger partial charge is 0.341 e. The maximum Gasteiger partial charge on any atom is 0.341 e. The molecule has 1 atom stereocenters. The van der Waals surface area contributed by atoms with Crippen molar-refractivity contribution in [1.82, 2.24) is 9.55 Å². The number of hydrogen-bond donors (Lipinski definition) is 1. The van der Waals surface area contributed by atoms with E-state index in [9.17, 15) is 9.59 Å². The number of fused-ring (bicyclic) bond motifs is 1. The normalized spacial score (nSPS) is 14.6. The fourth-order valence-electron chi connectivity index (χ4n) is 2.96. The fraction of sp³-hybridized carbons (Fsp3) is 0.500. The minimum atomic E-state index is -0.341. The fourth-order valence-corrected chi connectivity index (χ4v) is 5.08. The summed E-state index contributed by atoms with van der Waals surface area (Å²) >= 11 is 2.90. The zero-order valence-corrected chi connectivity index (χ0v) is 16.8. The van der Waals surface area contributed by atoms with Gasteiger partial charge in [0.05, 0.1) is 17.4 Å². The third-order valence-electron chi connectivity index (χ3n) is 4.32. The molecule has 8 heteroatoms. The Morgan fingerprint density at radius 2 is 2.19 bits per heavy atom. The lowest BCUT2D eigenvalue weighted by Gasteiger charge is -2.13. The van der Waals surface area contributed by atoms with Crippen LogP contribution in [0.2, 0.25) is 0 Å². The minimum Gasteiger partial charge on any atom is -0.462 e. The highest BCUT2D eigenvalue weighted by Gasteiger charge is 2.28. The minimum absolute atomic E-state index is 0.137. The molecule has 0 spiro atoms. The number of nitrogens with zero attached hydrogens (tertiary/aromatic N) is 2. The second-order valence-electron chi connectivity index (χ2n) is 6.21. The van der Waals surface area contributed by atoms with Gasteiger partial charge in [0.25, 0.3) is 0 Å². The molecular weight excluding hydrogens is 370 g/mol. The molecule has 1 aliphatic rings. The van der Waals surface area contributed by atoms with Crippen molar-refractivity contribution in [2.75, 3.05) is 11.9 Å². The van der Waals surface area contributed by atoms with E-state index in [1.54, 1.807) is 13.1 Å². The third-order valence-corrected chi connectivity index (χ3v) is 6.70. The van der Waals surface area contributed by atoms with Crippen LogP contribution >= 0.6 is 23.1 Å². The van der Waals surface area contributed by atoms with Gasteiger partial charge in [0, 0.05) is 24.3 Å². The van der Waals surface area contributed by atoms with Crippen LogP contribution in [0, 0.1) is 0 Å². The monoisotopic (exact) mass is 393 g/mol. The number of rotatable bonds is 6. The van der Waals surface area contributed by atoms with Gasteiger partial charge in [0.2, 0.25) is 5.91 Å². The Labute approximate surface area is 161 Å². The molecule has 1 unspecified atom stereocenters. The van der Waals surface area contributed by atoms with Crippen LogP contribution in [-0.2, 0) is 29.4 Å². The lowest BCUT2D eigenvalue weighted by atomic mass is 9.95. The van der Waals surface area contributed by atoms with Gasteiger partial charge >= 0.3 is 5.97 Å². The van der Waals surface area contributed by atoms with Crippen LogP contribution in [-0.4, -0.2) is 33.3 Å². The Hall–Kier alpha value is -1.80. The molecule has 0 fully saturated rings. The number of amides is 1. The number of thioether (sulfide) groups is 1. The van der Waals surface area contributed by atoms with Crippen LogP contribution in [0.5, 0.6) is 0 Å². The molecule has 0 saturated carbocycles. The molecule has 26 heavy (non-hydrogen) atoms. The van der Waals surface area contributed by atoms with Crippen molar-refractivity contribution in [2.45, 2.75) is 49.9 Å². The van der Waals surface area contributed by atoms with E-state index in [2.05, 4.69) is 10.3 Å². The Bertz CT molecular complexity index is 813. The molecule has 0 aliphatic heterocycles. The second kappa shape index (κ2) is 8.26. The number of thiophene rings is 1. The van der Waals surface area contributed by atoms with E-state index in [0.29, 0.717) is 17.2 Å². The summed E-state index contributed by atoms with van der Waals surface area (Å²) in [7, 11) is 1.89. The standard InChI is InChI=1S/C18H23N3O3S2/c1-4-24-17(23)14-12-7-5-6-8-13(12)26-16(14)20-15(22)11(2)25-18-19-9-10-21(18)3/h9-11H,4-8H2,1-3H3,(H,20,22). The lowest BCUT2D eigenvalue weighted by Crippen LogP contribution is -2.23. The van der Waals surface area contributed by atoms with E-state index in [4.69, 9.17) is 4.74 Å². The van der Waals surface area contributed by atoms with Gasteiger partial charge in [-0.2, -0.15) is 0 Å². The molecule has 0 saturated heterocycles. The number of hydrogen-bond acceptors (Lipinski definition) is 6. The van der Waals surface area contributed by atoms with Crippen LogP contribution in [0.15, 0.2) is 17.6 Å². The Morgan fingerprint density at radius 3 is 2.88 bits per heavy atom. The first-order chi connectivity index (χ1) is 12.5. The van der Waals surface area contributed by atoms with Crippen molar-refractivity contribution in [3.63, 3.8) is 0 Å². The van der Waals surface area contributed by atoms with Gasteiger partial charge in [0.15, 0.2) is 5.16 Å². The molecule has 6 nitrogen and oxygen atoms in total. The number of ether oxygens (including phenoxy) is 1. The molecule has 2 aromatic heterocycles. The molecule has 2 aromatic rings. The summed E-state index contributed by atoms with van der Waals surface area (Å²) in [4.78, 5) is 30.6. The van der Waals surface area contributed by atoms with Crippen molar-refractivity contribution in [3.05, 3.63) is 28.4 Å². The van der Waals surface area contributed by atoms with Crippen molar-refractivity contribution < 1.29 is 14.3 Å². The predicted molar refractivity (Wildman–Crippen MR) is 104 cm³/mol. The summed E-state index contributed by atoms with van der Waals surface area (Å²) in [6.07, 6.45) is 7.56. The number of aromatic nitrogens is 2. The molecule has 1 N–H and O–H groups in total. The molecule has 0 bridgehead atoms. The topological polar surface area (TPSA) is 73.2 Å². The average molecular weight is 394 g/mol. The number of anilines is 1. The largest absolute Gasteiger partial charge is 0.462 e. The Kier molecular flexibility index (Phi) is 6.03. The van der Waals surface area contributed by atoms with E-state index >= 15 is 0 Å². The van der Waals surface area contributed by atoms with Gasteiger partial charge < -0.3 is 14.6 Å². The zero-order valence-electron chi connectivity index (χ0n) is 15.2. The first-order valence-corrected chi connectivity index (χ1v) is 10.5. The molecular formula is C18H23N3O3S2. The summed E-state index contributed by atoms with van der Waals surface area (Å²) in [5, 5.41) is 4.03. The van der Waals surface area contributed by atoms with Crippen LogP contribution in [0.4, 0.5) is 5.00 Å². The summed E-state index contributed by atoms with van der Waals surface area (Å²) in [6.45, 7) is 3.95. The first kappa shape index (κ1) is 19.0. The van der Waals surface area contributed by atoms with E-state index in [0.717, 1.165) is 36.4 Å². The maximum atomic E-state index is 12.7. The van der Waals surface area contributed by atoms with Gasteiger partial charge in [-0.25, -0.2) is 9.78 Å². The van der Waals surface area contributed by atoms with Crippen molar-refractivity contribution in [2.24, 2.45) is 7.05 Å². The van der Waals surface area contributed by atoms with Crippen LogP contribution in [0.3, 0.4) is 0 Å². The van der Waals surface area contributed by atoms with Gasteiger partial charge in [-0.1, -0.05) is 11.8 Å². The van der Waals surface area contributed by atoms with Crippen LogP contribution < -0.4 is 5.32 Å². The average Bonchev–Trinajstić information content (AvgIpc) is 3.18. The van der Waals surface area contributed by atoms with Crippen molar-refractivity contribution >= 4 is 40.0 Å². The molecule has 140 valence electrons. The molecule has 3 rings (SSSR count). The Balaban J connectivity index is 1.80. The zero-order chi connectivity index (χ0) is 18.7. The number of esters is 1. The number of aryl methyl sites for hydroxylation is 2. The predicted octanol–water partition coefficient (Wildman–Crippen LogP) is 3.66. The summed E-state index contributed by atoms with van der Waals surface area (Å²) in [6, 6.07) is 0. The number of carbonyl (C=O) groups excluding carboxylic acids is 2. The van der Waals surface area contributed by atoms with E-state index < -0.39 is 0 Å². The molecule has 1 aliphatic carbocycles. The van der Waals surface area contributed by atoms with Crippen molar-refractivity contribution in [1.29, 1.82) is 0 Å². The van der Waals surface area contributed by atoms with E-state index in [-0.39, 0.29) is 17.1 Å². The highest BCUT2D eigenvalue weighted by atomic mass is 32.2. The van der Waals surface area contributed by atoms with Gasteiger partial charge in [-0.3, -0.25) is 4.79 Å². The summed E-state index contributed by atoms with van der Waals surface area (Å²) in [5.74, 6) is -0.478. The van der Waals surface area contributed by atoms with E-state index in [1.807, 2.05) is 24.7 Å². The maximum absolute atomic E-state index is 12.7. The van der Waals surface area contributed by atoms with E-state index in [1.165, 1.54) is 28.0 Å². The molecule has 0 radical (unpaired) electrons. The van der Waals surface area contributed by atoms with Gasteiger partial charge in [-0.05, 0) is 45.1 Å². The number of nitrogens with one attached hydrogen (secondary N) is 1. The number of carbonyl (C=O) groups is 2. The third kappa shape index (κ3) is 3.96. The molecule has 2 heterocycles. The van der Waals surface area contributed by atoms with Crippen LogP contribution in [0.1, 0.15) is 47.5 Å². The summed E-state index contributed by atoms with van der Waals surface area (Å²) in [5.41, 5.74) is 1.61. The Morgan fingerprint density at radius 1 is 1.42 bits per heavy atom. The highest BCUT2D eigenvalue weighted by molar-refractivity contribution is 8.00. The quantitative estimate of drug-likeness (QED) is 0.599. The van der Waals surface area contributed by atoms with Gasteiger partial charge in [-0.15, -0.1) is 11.3 Å². The summed E-state index contributed by atoms with van der Waals surface area (Å²) < 4.78 is 7.11. The SMILES string of the molecule is CCOC(=O)c1c(NC(=O)C(C)Sc2nccn2C)sc2c1CCCC2. The van der Waals surface area contributed by atoms with Crippen molar-refractivity contribution in [3.8, 4) is 0 Å². The second-order valence-corrected chi connectivity index (χ2v) is 8.62. The highest BCUT2D eigenvalue weighted by Crippen LogP contribution is 2.39. The number of imidazole rings is 1. The molecule has 0 aromatic carbocycles. The lowest BCUT2D eigenvalue weighted by molar-refractivity contribution is -0.115.